The van der Waals surface area contributed by atoms with Gasteiger partial charge in [0.15, 0.2) is 0 Å². The Morgan fingerprint density at radius 2 is 1.55 bits per heavy atom. The van der Waals surface area contributed by atoms with Crippen molar-refractivity contribution < 1.29 is 10.0 Å². The van der Waals surface area contributed by atoms with Crippen LogP contribution in [0.4, 0.5) is 5.69 Å². The largest absolute Gasteiger partial charge is 0.396 e. The summed E-state index contributed by atoms with van der Waals surface area (Å²) in [5.74, 6) is 0. The Morgan fingerprint density at radius 1 is 0.966 bits per heavy atom. The third-order valence-electron chi connectivity index (χ3n) is 5.42. The highest BCUT2D eigenvalue weighted by Crippen LogP contribution is 2.37. The van der Waals surface area contributed by atoms with E-state index in [1.54, 1.807) is 12.1 Å². The Kier molecular flexibility index (Phi) is 5.14. The molecule has 0 amide bonds. The SMILES string of the molecule is Cc1c(CCO)c2cc([N+](=O)[O-])ccc2n1C(c1ccccc1)c1ccccc1. The topological polar surface area (TPSA) is 68.3 Å². The summed E-state index contributed by atoms with van der Waals surface area (Å²) in [5.41, 5.74) is 5.20. The molecule has 0 aliphatic carbocycles. The number of aliphatic hydroxyl groups excluding tert-OH is 1. The first-order valence-corrected chi connectivity index (χ1v) is 9.60. The summed E-state index contributed by atoms with van der Waals surface area (Å²) < 4.78 is 2.23. The van der Waals surface area contributed by atoms with Crippen LogP contribution >= 0.6 is 0 Å². The predicted octanol–water partition coefficient (Wildman–Crippen LogP) is 5.03. The van der Waals surface area contributed by atoms with E-state index < -0.39 is 0 Å². The van der Waals surface area contributed by atoms with E-state index in [1.165, 1.54) is 0 Å². The molecule has 1 N–H and O–H groups in total. The third-order valence-corrected chi connectivity index (χ3v) is 5.42. The lowest BCUT2D eigenvalue weighted by molar-refractivity contribution is -0.384. The van der Waals surface area contributed by atoms with Crippen LogP contribution in [0.3, 0.4) is 0 Å². The number of benzene rings is 3. The van der Waals surface area contributed by atoms with Gasteiger partial charge in [-0.2, -0.15) is 0 Å². The van der Waals surface area contributed by atoms with E-state index in [-0.39, 0.29) is 23.3 Å². The number of hydrogen-bond donors (Lipinski definition) is 1. The van der Waals surface area contributed by atoms with Crippen LogP contribution in [0.1, 0.15) is 28.4 Å². The van der Waals surface area contributed by atoms with Crippen LogP contribution in [0.5, 0.6) is 0 Å². The van der Waals surface area contributed by atoms with Crippen LogP contribution in [0, 0.1) is 17.0 Å². The van der Waals surface area contributed by atoms with Crippen molar-refractivity contribution in [3.8, 4) is 0 Å². The van der Waals surface area contributed by atoms with E-state index in [0.717, 1.165) is 33.3 Å². The molecule has 0 fully saturated rings. The van der Waals surface area contributed by atoms with E-state index in [2.05, 4.69) is 28.8 Å². The Hall–Kier alpha value is -3.44. The maximum Gasteiger partial charge on any atom is 0.270 e. The number of nitro groups is 1. The number of fused-ring (bicyclic) bond motifs is 1. The molecule has 0 radical (unpaired) electrons. The Balaban J connectivity index is 2.04. The van der Waals surface area contributed by atoms with Crippen LogP contribution in [0.2, 0.25) is 0 Å². The molecule has 0 aliphatic rings. The zero-order chi connectivity index (χ0) is 20.4. The number of non-ortho nitro benzene ring substituents is 1. The third kappa shape index (κ3) is 3.41. The first-order chi connectivity index (χ1) is 14.1. The van der Waals surface area contributed by atoms with Crippen molar-refractivity contribution in [3.63, 3.8) is 0 Å². The standard InChI is InChI=1S/C24H22N2O3/c1-17-21(14-15-27)22-16-20(26(28)29)12-13-23(22)25(17)24(18-8-4-2-5-9-18)19-10-6-3-7-11-19/h2-13,16,24,27H,14-15H2,1H3. The van der Waals surface area contributed by atoms with Crippen LogP contribution in [0.25, 0.3) is 10.9 Å². The highest BCUT2D eigenvalue weighted by Gasteiger charge is 2.24. The summed E-state index contributed by atoms with van der Waals surface area (Å²) in [6.07, 6.45) is 0.451. The second-order valence-electron chi connectivity index (χ2n) is 7.09. The Morgan fingerprint density at radius 3 is 2.07 bits per heavy atom. The molecule has 5 nitrogen and oxygen atoms in total. The monoisotopic (exact) mass is 386 g/mol. The van der Waals surface area contributed by atoms with Gasteiger partial charge >= 0.3 is 0 Å². The number of nitrogens with zero attached hydrogens (tertiary/aromatic N) is 2. The molecular formula is C24H22N2O3. The minimum atomic E-state index is -0.374. The fraction of sp³-hybridized carbons (Fsp3) is 0.167. The zero-order valence-electron chi connectivity index (χ0n) is 16.2. The van der Waals surface area contributed by atoms with Gasteiger partial charge in [-0.05, 0) is 36.1 Å². The van der Waals surface area contributed by atoms with Gasteiger partial charge in [-0.15, -0.1) is 0 Å². The summed E-state index contributed by atoms with van der Waals surface area (Å²) in [6.45, 7) is 2.01. The average molecular weight is 386 g/mol. The fourth-order valence-corrected chi connectivity index (χ4v) is 4.13. The van der Waals surface area contributed by atoms with Gasteiger partial charge < -0.3 is 9.67 Å². The molecule has 0 atom stereocenters. The zero-order valence-corrected chi connectivity index (χ0v) is 16.2. The molecule has 3 aromatic carbocycles. The lowest BCUT2D eigenvalue weighted by Crippen LogP contribution is -2.14. The summed E-state index contributed by atoms with van der Waals surface area (Å²) in [5, 5.41) is 21.8. The molecule has 0 saturated heterocycles. The summed E-state index contributed by atoms with van der Waals surface area (Å²) >= 11 is 0. The van der Waals surface area contributed by atoms with Crippen LogP contribution in [-0.2, 0) is 6.42 Å². The lowest BCUT2D eigenvalue weighted by Gasteiger charge is -2.23. The van der Waals surface area contributed by atoms with Crippen molar-refractivity contribution in [2.75, 3.05) is 6.61 Å². The molecule has 1 heterocycles. The van der Waals surface area contributed by atoms with E-state index in [9.17, 15) is 15.2 Å². The molecular weight excluding hydrogens is 364 g/mol. The van der Waals surface area contributed by atoms with Gasteiger partial charge in [0.25, 0.3) is 5.69 Å². The fourth-order valence-electron chi connectivity index (χ4n) is 4.13. The van der Waals surface area contributed by atoms with Crippen molar-refractivity contribution in [1.82, 2.24) is 4.57 Å². The summed E-state index contributed by atoms with van der Waals surface area (Å²) in [6, 6.07) is 25.4. The van der Waals surface area contributed by atoms with Crippen molar-refractivity contribution in [2.45, 2.75) is 19.4 Å². The average Bonchev–Trinajstić information content (AvgIpc) is 3.01. The second kappa shape index (κ2) is 7.89. The summed E-state index contributed by atoms with van der Waals surface area (Å²) in [4.78, 5) is 11.0. The predicted molar refractivity (Wildman–Crippen MR) is 114 cm³/mol. The van der Waals surface area contributed by atoms with Crippen molar-refractivity contribution >= 4 is 16.6 Å². The molecule has 0 bridgehead atoms. The normalized spacial score (nSPS) is 11.3. The van der Waals surface area contributed by atoms with Crippen LogP contribution in [0.15, 0.2) is 78.9 Å². The van der Waals surface area contributed by atoms with Gasteiger partial charge in [0.05, 0.1) is 11.0 Å². The summed E-state index contributed by atoms with van der Waals surface area (Å²) in [7, 11) is 0. The number of aromatic nitrogens is 1. The first-order valence-electron chi connectivity index (χ1n) is 9.60. The number of nitro benzene ring substituents is 1. The van der Waals surface area contributed by atoms with Crippen molar-refractivity contribution in [2.24, 2.45) is 0 Å². The van der Waals surface area contributed by atoms with Gasteiger partial charge in [-0.1, -0.05) is 60.7 Å². The lowest BCUT2D eigenvalue weighted by atomic mass is 9.98. The quantitative estimate of drug-likeness (QED) is 0.373. The van der Waals surface area contributed by atoms with Crippen molar-refractivity contribution in [1.29, 1.82) is 0 Å². The van der Waals surface area contributed by atoms with Gasteiger partial charge in [0, 0.05) is 35.3 Å². The van der Waals surface area contributed by atoms with Gasteiger partial charge in [0.1, 0.15) is 0 Å². The molecule has 1 aromatic heterocycles. The van der Waals surface area contributed by atoms with E-state index >= 15 is 0 Å². The molecule has 5 heteroatoms. The minimum Gasteiger partial charge on any atom is -0.396 e. The van der Waals surface area contributed by atoms with Gasteiger partial charge in [0.2, 0.25) is 0 Å². The number of rotatable bonds is 6. The smallest absolute Gasteiger partial charge is 0.270 e. The van der Waals surface area contributed by atoms with E-state index in [1.807, 2.05) is 49.4 Å². The van der Waals surface area contributed by atoms with Gasteiger partial charge in [-0.25, -0.2) is 0 Å². The maximum absolute atomic E-state index is 11.3. The molecule has 4 rings (SSSR count). The Bertz CT molecular complexity index is 1110. The highest BCUT2D eigenvalue weighted by atomic mass is 16.6. The first kappa shape index (κ1) is 18.9. The van der Waals surface area contributed by atoms with Gasteiger partial charge in [-0.3, -0.25) is 10.1 Å². The molecule has 0 saturated carbocycles. The van der Waals surface area contributed by atoms with Crippen molar-refractivity contribution in [3.05, 3.63) is 111 Å². The van der Waals surface area contributed by atoms with E-state index in [0.29, 0.717) is 6.42 Å². The minimum absolute atomic E-state index is 0.00993. The van der Waals surface area contributed by atoms with E-state index in [4.69, 9.17) is 0 Å². The van der Waals surface area contributed by atoms with Crippen LogP contribution < -0.4 is 0 Å². The van der Waals surface area contributed by atoms with Crippen LogP contribution in [-0.4, -0.2) is 21.2 Å². The Labute approximate surface area is 169 Å². The number of hydrogen-bond acceptors (Lipinski definition) is 3. The molecule has 146 valence electrons. The maximum atomic E-state index is 11.3. The molecule has 0 unspecified atom stereocenters. The molecule has 0 spiro atoms. The molecule has 4 aromatic rings. The molecule has 29 heavy (non-hydrogen) atoms. The number of aliphatic hydroxyl groups is 1. The highest BCUT2D eigenvalue weighted by molar-refractivity contribution is 5.88. The molecule has 0 aliphatic heterocycles. The second-order valence-corrected chi connectivity index (χ2v) is 7.09.